The third-order valence-corrected chi connectivity index (χ3v) is 2.90. The molecule has 1 aromatic rings. The molecule has 0 radical (unpaired) electrons. The van der Waals surface area contributed by atoms with Crippen molar-refractivity contribution in [3.05, 3.63) is 34.9 Å². The van der Waals surface area contributed by atoms with E-state index in [0.29, 0.717) is 5.02 Å². The van der Waals surface area contributed by atoms with Crippen LogP contribution in [0.4, 0.5) is 0 Å². The van der Waals surface area contributed by atoms with Gasteiger partial charge in [-0.2, -0.15) is 5.26 Å². The predicted molar refractivity (Wildman–Crippen MR) is 58.5 cm³/mol. The Kier molecular flexibility index (Phi) is 3.25. The first-order valence-electron chi connectivity index (χ1n) is 5.08. The average Bonchev–Trinajstić information content (AvgIpc) is 2.29. The van der Waals surface area contributed by atoms with Crippen LogP contribution in [0.25, 0.3) is 0 Å². The van der Waals surface area contributed by atoms with Gasteiger partial charge in [-0.25, -0.2) is 0 Å². The Balaban J connectivity index is 2.25. The second-order valence-electron chi connectivity index (χ2n) is 3.72. The molecule has 2 unspecified atom stereocenters. The van der Waals surface area contributed by atoms with Crippen molar-refractivity contribution in [1.29, 1.82) is 5.26 Å². The van der Waals surface area contributed by atoms with Gasteiger partial charge in [0.05, 0.1) is 18.1 Å². The van der Waals surface area contributed by atoms with Crippen molar-refractivity contribution in [3.63, 3.8) is 0 Å². The number of nitriles is 1. The first kappa shape index (κ1) is 10.5. The van der Waals surface area contributed by atoms with Gasteiger partial charge in [-0.3, -0.25) is 0 Å². The minimum atomic E-state index is -0.109. The molecule has 0 N–H and O–H groups in total. The number of halogens is 1. The fourth-order valence-electron chi connectivity index (χ4n) is 1.93. The zero-order valence-corrected chi connectivity index (χ0v) is 9.07. The summed E-state index contributed by atoms with van der Waals surface area (Å²) in [6, 6.07) is 9.87. The molecule has 1 heterocycles. The number of ether oxygens (including phenoxy) is 1. The van der Waals surface area contributed by atoms with E-state index in [4.69, 9.17) is 21.6 Å². The molecule has 0 amide bonds. The van der Waals surface area contributed by atoms with Crippen molar-refractivity contribution in [2.75, 3.05) is 6.61 Å². The second kappa shape index (κ2) is 4.65. The third kappa shape index (κ3) is 2.31. The molecule has 3 heteroatoms. The van der Waals surface area contributed by atoms with E-state index < -0.39 is 0 Å². The largest absolute Gasteiger partial charge is 0.372 e. The smallest absolute Gasteiger partial charge is 0.0983 e. The molecule has 2 rings (SSSR count). The van der Waals surface area contributed by atoms with E-state index in [-0.39, 0.29) is 12.0 Å². The summed E-state index contributed by atoms with van der Waals surface area (Å²) in [6.45, 7) is 0.732. The highest BCUT2D eigenvalue weighted by molar-refractivity contribution is 6.30. The lowest BCUT2D eigenvalue weighted by molar-refractivity contribution is -0.0101. The first-order valence-corrected chi connectivity index (χ1v) is 5.46. The summed E-state index contributed by atoms with van der Waals surface area (Å²) in [5.41, 5.74) is 1.01. The van der Waals surface area contributed by atoms with E-state index in [2.05, 4.69) is 6.07 Å². The number of benzene rings is 1. The highest BCUT2D eigenvalue weighted by Gasteiger charge is 2.27. The molecular weight excluding hydrogens is 210 g/mol. The van der Waals surface area contributed by atoms with E-state index >= 15 is 0 Å². The fraction of sp³-hybridized carbons (Fsp3) is 0.417. The van der Waals surface area contributed by atoms with Gasteiger partial charge in [-0.15, -0.1) is 0 Å². The molecular formula is C12H12ClNO. The van der Waals surface area contributed by atoms with Crippen LogP contribution < -0.4 is 0 Å². The Morgan fingerprint density at radius 2 is 2.33 bits per heavy atom. The fourth-order valence-corrected chi connectivity index (χ4v) is 2.12. The first-order chi connectivity index (χ1) is 7.31. The molecule has 78 valence electrons. The van der Waals surface area contributed by atoms with E-state index in [1.165, 1.54) is 0 Å². The van der Waals surface area contributed by atoms with E-state index in [1.807, 2.05) is 24.3 Å². The Labute approximate surface area is 94.4 Å². The van der Waals surface area contributed by atoms with Gasteiger partial charge in [0.25, 0.3) is 0 Å². The van der Waals surface area contributed by atoms with E-state index in [9.17, 15) is 0 Å². The van der Waals surface area contributed by atoms with Crippen LogP contribution in [0.2, 0.25) is 5.02 Å². The molecule has 2 atom stereocenters. The Bertz CT molecular complexity index is 385. The summed E-state index contributed by atoms with van der Waals surface area (Å²) in [5.74, 6) is -0.0442. The number of rotatable bonds is 1. The van der Waals surface area contributed by atoms with Crippen molar-refractivity contribution in [2.45, 2.75) is 18.9 Å². The average molecular weight is 222 g/mol. The van der Waals surface area contributed by atoms with Gasteiger partial charge in [-0.1, -0.05) is 23.7 Å². The van der Waals surface area contributed by atoms with Gasteiger partial charge in [0.15, 0.2) is 0 Å². The van der Waals surface area contributed by atoms with Crippen LogP contribution in [0, 0.1) is 17.2 Å². The van der Waals surface area contributed by atoms with Crippen molar-refractivity contribution < 1.29 is 4.74 Å². The quantitative estimate of drug-likeness (QED) is 0.729. The molecule has 15 heavy (non-hydrogen) atoms. The summed E-state index contributed by atoms with van der Waals surface area (Å²) < 4.78 is 5.64. The Hall–Kier alpha value is -1.04. The highest BCUT2D eigenvalue weighted by Crippen LogP contribution is 2.33. The molecule has 0 aromatic heterocycles. The lowest BCUT2D eigenvalue weighted by Gasteiger charge is -2.27. The van der Waals surface area contributed by atoms with Crippen LogP contribution in [0.5, 0.6) is 0 Å². The lowest BCUT2D eigenvalue weighted by atomic mass is 9.91. The Morgan fingerprint density at radius 1 is 1.47 bits per heavy atom. The minimum absolute atomic E-state index is 0.0442. The van der Waals surface area contributed by atoms with Gasteiger partial charge < -0.3 is 4.74 Å². The molecule has 1 saturated heterocycles. The van der Waals surface area contributed by atoms with Crippen molar-refractivity contribution in [2.24, 2.45) is 5.92 Å². The van der Waals surface area contributed by atoms with Crippen LogP contribution in [-0.4, -0.2) is 6.61 Å². The molecule has 0 bridgehead atoms. The predicted octanol–water partition coefficient (Wildman–Crippen LogP) is 3.33. The molecule has 1 fully saturated rings. The molecule has 1 aliphatic rings. The SMILES string of the molecule is N#CC1CCCOC1c1cccc(Cl)c1. The van der Waals surface area contributed by atoms with Crippen LogP contribution in [0.15, 0.2) is 24.3 Å². The van der Waals surface area contributed by atoms with E-state index in [1.54, 1.807) is 0 Å². The zero-order valence-electron chi connectivity index (χ0n) is 8.32. The lowest BCUT2D eigenvalue weighted by Crippen LogP contribution is -2.21. The molecule has 2 nitrogen and oxygen atoms in total. The maximum Gasteiger partial charge on any atom is 0.0983 e. The molecule has 0 saturated carbocycles. The van der Waals surface area contributed by atoms with Gasteiger partial charge in [0, 0.05) is 11.6 Å². The number of hydrogen-bond donors (Lipinski definition) is 0. The van der Waals surface area contributed by atoms with Crippen LogP contribution in [-0.2, 0) is 4.74 Å². The molecule has 1 aliphatic heterocycles. The summed E-state index contributed by atoms with van der Waals surface area (Å²) in [5, 5.41) is 9.72. The summed E-state index contributed by atoms with van der Waals surface area (Å²) in [4.78, 5) is 0. The molecule has 0 spiro atoms. The molecule has 1 aromatic carbocycles. The normalized spacial score (nSPS) is 25.9. The monoisotopic (exact) mass is 221 g/mol. The van der Waals surface area contributed by atoms with Crippen molar-refractivity contribution >= 4 is 11.6 Å². The number of nitrogens with zero attached hydrogens (tertiary/aromatic N) is 1. The molecule has 0 aliphatic carbocycles. The second-order valence-corrected chi connectivity index (χ2v) is 4.16. The van der Waals surface area contributed by atoms with Gasteiger partial charge >= 0.3 is 0 Å². The Morgan fingerprint density at radius 3 is 3.07 bits per heavy atom. The zero-order chi connectivity index (χ0) is 10.7. The topological polar surface area (TPSA) is 33.0 Å². The van der Waals surface area contributed by atoms with Crippen molar-refractivity contribution in [1.82, 2.24) is 0 Å². The van der Waals surface area contributed by atoms with Crippen LogP contribution >= 0.6 is 11.6 Å². The maximum atomic E-state index is 9.03. The maximum absolute atomic E-state index is 9.03. The van der Waals surface area contributed by atoms with Crippen molar-refractivity contribution in [3.8, 4) is 6.07 Å². The standard InChI is InChI=1S/C12H12ClNO/c13-11-5-1-3-9(7-11)12-10(8-14)4-2-6-15-12/h1,3,5,7,10,12H,2,4,6H2. The summed E-state index contributed by atoms with van der Waals surface area (Å²) in [7, 11) is 0. The van der Waals surface area contributed by atoms with Gasteiger partial charge in [-0.05, 0) is 30.5 Å². The van der Waals surface area contributed by atoms with Crippen LogP contribution in [0.1, 0.15) is 24.5 Å². The van der Waals surface area contributed by atoms with Gasteiger partial charge in [0.1, 0.15) is 0 Å². The summed E-state index contributed by atoms with van der Waals surface area (Å²) in [6.07, 6.45) is 1.77. The summed E-state index contributed by atoms with van der Waals surface area (Å²) >= 11 is 5.92. The van der Waals surface area contributed by atoms with E-state index in [0.717, 1.165) is 25.0 Å². The van der Waals surface area contributed by atoms with Gasteiger partial charge in [0.2, 0.25) is 0 Å². The highest BCUT2D eigenvalue weighted by atomic mass is 35.5. The number of hydrogen-bond acceptors (Lipinski definition) is 2. The minimum Gasteiger partial charge on any atom is -0.372 e. The third-order valence-electron chi connectivity index (χ3n) is 2.67. The van der Waals surface area contributed by atoms with Crippen LogP contribution in [0.3, 0.4) is 0 Å².